The molecular formula is C14H23N3. The Labute approximate surface area is 104 Å². The molecule has 1 aliphatic rings. The summed E-state index contributed by atoms with van der Waals surface area (Å²) in [6, 6.07) is 5.40. The Morgan fingerprint density at radius 2 is 2.41 bits per heavy atom. The molecule has 3 nitrogen and oxygen atoms in total. The van der Waals surface area contributed by atoms with E-state index in [0.29, 0.717) is 12.1 Å². The standard InChI is InChI=1S/C14H23N3/c1-4-13-6-5-9-17(13)14-10-12(7-8-16-14)11(2)15-3/h7-8,10-11,13,15H,4-6,9H2,1-3H3. The number of anilines is 1. The SMILES string of the molecule is CCC1CCCN1c1cc(C(C)NC)ccn1. The maximum absolute atomic E-state index is 4.53. The Morgan fingerprint density at radius 1 is 1.59 bits per heavy atom. The van der Waals surface area contributed by atoms with Crippen molar-refractivity contribution in [3.05, 3.63) is 23.9 Å². The van der Waals surface area contributed by atoms with E-state index >= 15 is 0 Å². The molecule has 2 atom stereocenters. The summed E-state index contributed by atoms with van der Waals surface area (Å²) >= 11 is 0. The van der Waals surface area contributed by atoms with Crippen LogP contribution in [0.25, 0.3) is 0 Å². The zero-order chi connectivity index (χ0) is 12.3. The van der Waals surface area contributed by atoms with E-state index in [1.807, 2.05) is 13.2 Å². The van der Waals surface area contributed by atoms with Crippen molar-refractivity contribution >= 4 is 5.82 Å². The van der Waals surface area contributed by atoms with Crippen LogP contribution in [0.4, 0.5) is 5.82 Å². The fourth-order valence-corrected chi connectivity index (χ4v) is 2.59. The average Bonchev–Trinajstić information content (AvgIpc) is 2.86. The van der Waals surface area contributed by atoms with E-state index < -0.39 is 0 Å². The van der Waals surface area contributed by atoms with Crippen LogP contribution in [0.3, 0.4) is 0 Å². The minimum Gasteiger partial charge on any atom is -0.354 e. The third kappa shape index (κ3) is 2.60. The molecule has 2 rings (SSSR count). The van der Waals surface area contributed by atoms with E-state index in [1.165, 1.54) is 24.8 Å². The molecule has 1 N–H and O–H groups in total. The van der Waals surface area contributed by atoms with Crippen molar-refractivity contribution in [2.75, 3.05) is 18.5 Å². The highest BCUT2D eigenvalue weighted by Gasteiger charge is 2.24. The fourth-order valence-electron chi connectivity index (χ4n) is 2.59. The molecule has 1 aromatic heterocycles. The van der Waals surface area contributed by atoms with E-state index in [-0.39, 0.29) is 0 Å². The van der Waals surface area contributed by atoms with Gasteiger partial charge in [-0.15, -0.1) is 0 Å². The molecule has 0 aromatic carbocycles. The highest BCUT2D eigenvalue weighted by atomic mass is 15.2. The van der Waals surface area contributed by atoms with Crippen molar-refractivity contribution < 1.29 is 0 Å². The zero-order valence-electron chi connectivity index (χ0n) is 11.1. The molecule has 1 saturated heterocycles. The predicted molar refractivity (Wildman–Crippen MR) is 72.4 cm³/mol. The first-order valence-electron chi connectivity index (χ1n) is 6.66. The summed E-state index contributed by atoms with van der Waals surface area (Å²) in [5.74, 6) is 1.15. The van der Waals surface area contributed by atoms with E-state index in [9.17, 15) is 0 Å². The summed E-state index contributed by atoms with van der Waals surface area (Å²) in [4.78, 5) is 7.00. The summed E-state index contributed by atoms with van der Waals surface area (Å²) in [5, 5.41) is 3.28. The molecule has 1 aliphatic heterocycles. The summed E-state index contributed by atoms with van der Waals surface area (Å²) in [6.45, 7) is 5.60. The van der Waals surface area contributed by atoms with Gasteiger partial charge in [-0.2, -0.15) is 0 Å². The Kier molecular flexibility index (Phi) is 4.00. The number of aromatic nitrogens is 1. The van der Waals surface area contributed by atoms with E-state index in [1.54, 1.807) is 0 Å². The van der Waals surface area contributed by atoms with E-state index in [4.69, 9.17) is 0 Å². The maximum Gasteiger partial charge on any atom is 0.129 e. The Hall–Kier alpha value is -1.09. The van der Waals surface area contributed by atoms with Crippen LogP contribution in [0.5, 0.6) is 0 Å². The quantitative estimate of drug-likeness (QED) is 0.866. The molecule has 1 aromatic rings. The monoisotopic (exact) mass is 233 g/mol. The minimum atomic E-state index is 0.388. The molecular weight excluding hydrogens is 210 g/mol. The molecule has 0 amide bonds. The second-order valence-corrected chi connectivity index (χ2v) is 4.86. The number of hydrogen-bond donors (Lipinski definition) is 1. The van der Waals surface area contributed by atoms with Crippen molar-refractivity contribution in [3.8, 4) is 0 Å². The predicted octanol–water partition coefficient (Wildman–Crippen LogP) is 2.74. The van der Waals surface area contributed by atoms with Crippen LogP contribution in [0, 0.1) is 0 Å². The largest absolute Gasteiger partial charge is 0.354 e. The molecule has 0 saturated carbocycles. The van der Waals surface area contributed by atoms with Gasteiger partial charge in [0.05, 0.1) is 0 Å². The highest BCUT2D eigenvalue weighted by Crippen LogP contribution is 2.27. The lowest BCUT2D eigenvalue weighted by molar-refractivity contribution is 0.633. The van der Waals surface area contributed by atoms with Crippen molar-refractivity contribution in [2.24, 2.45) is 0 Å². The van der Waals surface area contributed by atoms with Gasteiger partial charge in [0.25, 0.3) is 0 Å². The zero-order valence-corrected chi connectivity index (χ0v) is 11.1. The molecule has 3 heteroatoms. The summed E-state index contributed by atoms with van der Waals surface area (Å²) < 4.78 is 0. The van der Waals surface area contributed by atoms with Gasteiger partial charge in [-0.3, -0.25) is 0 Å². The number of nitrogens with zero attached hydrogens (tertiary/aromatic N) is 2. The molecule has 0 bridgehead atoms. The summed E-state index contributed by atoms with van der Waals surface area (Å²) in [6.07, 6.45) is 5.76. The lowest BCUT2D eigenvalue weighted by atomic mass is 10.1. The van der Waals surface area contributed by atoms with Gasteiger partial charge in [-0.25, -0.2) is 4.98 Å². The normalized spacial score (nSPS) is 21.8. The van der Waals surface area contributed by atoms with Crippen LogP contribution in [-0.4, -0.2) is 24.6 Å². The lowest BCUT2D eigenvalue weighted by Gasteiger charge is -2.25. The van der Waals surface area contributed by atoms with Crippen molar-refractivity contribution in [3.63, 3.8) is 0 Å². The number of nitrogens with one attached hydrogen (secondary N) is 1. The fraction of sp³-hybridized carbons (Fsp3) is 0.643. The first kappa shape index (κ1) is 12.4. The number of pyridine rings is 1. The molecule has 1 fully saturated rings. The number of rotatable bonds is 4. The van der Waals surface area contributed by atoms with Crippen molar-refractivity contribution in [1.82, 2.24) is 10.3 Å². The molecule has 0 aliphatic carbocycles. The molecule has 94 valence electrons. The van der Waals surface area contributed by atoms with Gasteiger partial charge < -0.3 is 10.2 Å². The summed E-state index contributed by atoms with van der Waals surface area (Å²) in [5.41, 5.74) is 1.32. The Balaban J connectivity index is 2.20. The van der Waals surface area contributed by atoms with Crippen molar-refractivity contribution in [1.29, 1.82) is 0 Å². The molecule has 2 heterocycles. The van der Waals surface area contributed by atoms with Gasteiger partial charge in [-0.05, 0) is 50.9 Å². The first-order valence-corrected chi connectivity index (χ1v) is 6.66. The number of hydrogen-bond acceptors (Lipinski definition) is 3. The van der Waals surface area contributed by atoms with Crippen LogP contribution < -0.4 is 10.2 Å². The Bertz CT molecular complexity index is 364. The molecule has 2 unspecified atom stereocenters. The van der Waals surface area contributed by atoms with Crippen LogP contribution >= 0.6 is 0 Å². The van der Waals surface area contributed by atoms with Gasteiger partial charge in [-0.1, -0.05) is 6.92 Å². The molecule has 0 spiro atoms. The van der Waals surface area contributed by atoms with Gasteiger partial charge in [0.15, 0.2) is 0 Å². The van der Waals surface area contributed by atoms with Crippen LogP contribution in [-0.2, 0) is 0 Å². The van der Waals surface area contributed by atoms with Gasteiger partial charge in [0, 0.05) is 24.8 Å². The highest BCUT2D eigenvalue weighted by molar-refractivity contribution is 5.44. The smallest absolute Gasteiger partial charge is 0.129 e. The summed E-state index contributed by atoms with van der Waals surface area (Å²) in [7, 11) is 2.00. The van der Waals surface area contributed by atoms with Crippen molar-refractivity contribution in [2.45, 2.75) is 45.2 Å². The van der Waals surface area contributed by atoms with Gasteiger partial charge >= 0.3 is 0 Å². The third-order valence-corrected chi connectivity index (χ3v) is 3.85. The third-order valence-electron chi connectivity index (χ3n) is 3.85. The van der Waals surface area contributed by atoms with Gasteiger partial charge in [0.2, 0.25) is 0 Å². The molecule has 0 radical (unpaired) electrons. The van der Waals surface area contributed by atoms with Crippen LogP contribution in [0.2, 0.25) is 0 Å². The topological polar surface area (TPSA) is 28.2 Å². The van der Waals surface area contributed by atoms with Crippen LogP contribution in [0.15, 0.2) is 18.3 Å². The maximum atomic E-state index is 4.53. The van der Waals surface area contributed by atoms with Gasteiger partial charge in [0.1, 0.15) is 5.82 Å². The Morgan fingerprint density at radius 3 is 3.12 bits per heavy atom. The van der Waals surface area contributed by atoms with E-state index in [0.717, 1.165) is 12.4 Å². The molecule has 17 heavy (non-hydrogen) atoms. The van der Waals surface area contributed by atoms with E-state index in [2.05, 4.69) is 41.2 Å². The minimum absolute atomic E-state index is 0.388. The second kappa shape index (κ2) is 5.50. The lowest BCUT2D eigenvalue weighted by Crippen LogP contribution is -2.29. The average molecular weight is 233 g/mol. The van der Waals surface area contributed by atoms with Crippen LogP contribution in [0.1, 0.15) is 44.7 Å². The second-order valence-electron chi connectivity index (χ2n) is 4.86. The first-order chi connectivity index (χ1) is 8.26.